The number of amides is 1. The minimum Gasteiger partial charge on any atom is -0.369 e. The van der Waals surface area contributed by atoms with Crippen molar-refractivity contribution in [2.24, 2.45) is 5.73 Å². The Morgan fingerprint density at radius 2 is 2.14 bits per heavy atom. The van der Waals surface area contributed by atoms with Crippen LogP contribution in [0.25, 0.3) is 0 Å². The number of morpholine rings is 1. The van der Waals surface area contributed by atoms with Crippen LogP contribution in [0.5, 0.6) is 0 Å². The average Bonchev–Trinajstić information content (AvgIpc) is 3.09. The number of nitrogens with two attached hydrogens (primary N) is 1. The number of hydrogen-bond acceptors (Lipinski definition) is 4. The summed E-state index contributed by atoms with van der Waals surface area (Å²) in [6.45, 7) is 2.32. The van der Waals surface area contributed by atoms with Gasteiger partial charge in [0.15, 0.2) is 0 Å². The number of carbonyl (C=O) groups excluding carboxylic acids is 1. The molecule has 1 unspecified atom stereocenters. The standard InChI is InChI=1S/C16H18N2O2S/c17-10-12-3-5-13(6-4-12)16(19)18-7-8-20-14(11-18)15-2-1-9-21-15/h1-6,9,14H,7-8,10-11,17H2. The van der Waals surface area contributed by atoms with E-state index in [0.717, 1.165) is 5.56 Å². The lowest BCUT2D eigenvalue weighted by Crippen LogP contribution is -2.42. The van der Waals surface area contributed by atoms with Crippen LogP contribution in [0.3, 0.4) is 0 Å². The molecule has 1 atom stereocenters. The highest BCUT2D eigenvalue weighted by atomic mass is 32.1. The van der Waals surface area contributed by atoms with Gasteiger partial charge in [0.1, 0.15) is 6.10 Å². The van der Waals surface area contributed by atoms with Crippen LogP contribution in [0.15, 0.2) is 41.8 Å². The fraction of sp³-hybridized carbons (Fsp3) is 0.312. The zero-order valence-corrected chi connectivity index (χ0v) is 12.5. The Bertz CT molecular complexity index is 595. The Morgan fingerprint density at radius 1 is 1.33 bits per heavy atom. The molecule has 0 bridgehead atoms. The van der Waals surface area contributed by atoms with Crippen molar-refractivity contribution in [3.8, 4) is 0 Å². The van der Waals surface area contributed by atoms with Gasteiger partial charge in [0, 0.05) is 23.5 Å². The van der Waals surface area contributed by atoms with Gasteiger partial charge in [-0.3, -0.25) is 4.79 Å². The molecule has 0 saturated carbocycles. The lowest BCUT2D eigenvalue weighted by molar-refractivity contribution is -0.0211. The van der Waals surface area contributed by atoms with Gasteiger partial charge in [-0.15, -0.1) is 11.3 Å². The first kappa shape index (κ1) is 14.3. The van der Waals surface area contributed by atoms with Crippen molar-refractivity contribution >= 4 is 17.2 Å². The molecule has 1 saturated heterocycles. The second-order valence-electron chi connectivity index (χ2n) is 5.03. The second kappa shape index (κ2) is 6.39. The van der Waals surface area contributed by atoms with Crippen LogP contribution in [-0.2, 0) is 11.3 Å². The highest BCUT2D eigenvalue weighted by Gasteiger charge is 2.26. The number of ether oxygens (including phenoxy) is 1. The summed E-state index contributed by atoms with van der Waals surface area (Å²) in [6, 6.07) is 11.6. The Hall–Kier alpha value is -1.69. The van der Waals surface area contributed by atoms with Gasteiger partial charge in [0.25, 0.3) is 5.91 Å². The Kier molecular flexibility index (Phi) is 4.34. The minimum absolute atomic E-state index is 0.00832. The van der Waals surface area contributed by atoms with Crippen LogP contribution in [0.1, 0.15) is 26.9 Å². The van der Waals surface area contributed by atoms with Crippen molar-refractivity contribution in [2.45, 2.75) is 12.6 Å². The highest BCUT2D eigenvalue weighted by molar-refractivity contribution is 7.10. The molecule has 1 aliphatic rings. The van der Waals surface area contributed by atoms with E-state index in [9.17, 15) is 4.79 Å². The molecular formula is C16H18N2O2S. The number of rotatable bonds is 3. The molecular weight excluding hydrogens is 284 g/mol. The second-order valence-corrected chi connectivity index (χ2v) is 6.01. The van der Waals surface area contributed by atoms with E-state index in [1.54, 1.807) is 11.3 Å². The van der Waals surface area contributed by atoms with Crippen molar-refractivity contribution in [2.75, 3.05) is 19.7 Å². The summed E-state index contributed by atoms with van der Waals surface area (Å²) in [4.78, 5) is 15.6. The lowest BCUT2D eigenvalue weighted by atomic mass is 10.1. The lowest BCUT2D eigenvalue weighted by Gasteiger charge is -2.32. The Morgan fingerprint density at radius 3 is 2.81 bits per heavy atom. The van der Waals surface area contributed by atoms with Crippen molar-refractivity contribution < 1.29 is 9.53 Å². The molecule has 21 heavy (non-hydrogen) atoms. The van der Waals surface area contributed by atoms with E-state index < -0.39 is 0 Å². The molecule has 2 N–H and O–H groups in total. The molecule has 4 nitrogen and oxygen atoms in total. The normalized spacial score (nSPS) is 18.7. The average molecular weight is 302 g/mol. The SMILES string of the molecule is NCc1ccc(C(=O)N2CCOC(c3cccs3)C2)cc1. The first-order valence-corrected chi connectivity index (χ1v) is 7.89. The summed E-state index contributed by atoms with van der Waals surface area (Å²) in [5.41, 5.74) is 7.32. The monoisotopic (exact) mass is 302 g/mol. The van der Waals surface area contributed by atoms with E-state index >= 15 is 0 Å². The summed E-state index contributed by atoms with van der Waals surface area (Å²) in [7, 11) is 0. The van der Waals surface area contributed by atoms with Gasteiger partial charge < -0.3 is 15.4 Å². The zero-order valence-electron chi connectivity index (χ0n) is 11.7. The van der Waals surface area contributed by atoms with E-state index in [2.05, 4.69) is 6.07 Å². The maximum atomic E-state index is 12.6. The summed E-state index contributed by atoms with van der Waals surface area (Å²) in [5, 5.41) is 2.03. The fourth-order valence-electron chi connectivity index (χ4n) is 2.45. The van der Waals surface area contributed by atoms with Crippen molar-refractivity contribution in [1.29, 1.82) is 0 Å². The summed E-state index contributed by atoms with van der Waals surface area (Å²) < 4.78 is 5.78. The minimum atomic E-state index is -0.00832. The summed E-state index contributed by atoms with van der Waals surface area (Å²) >= 11 is 1.67. The topological polar surface area (TPSA) is 55.6 Å². The molecule has 5 heteroatoms. The van der Waals surface area contributed by atoms with Crippen LogP contribution in [0, 0.1) is 0 Å². The molecule has 2 aromatic rings. The third-order valence-electron chi connectivity index (χ3n) is 3.65. The molecule has 1 fully saturated rings. The predicted molar refractivity (Wildman–Crippen MR) is 83.2 cm³/mol. The molecule has 0 spiro atoms. The maximum absolute atomic E-state index is 12.6. The van der Waals surface area contributed by atoms with Gasteiger partial charge in [-0.25, -0.2) is 0 Å². The van der Waals surface area contributed by atoms with E-state index in [-0.39, 0.29) is 12.0 Å². The molecule has 1 amide bonds. The van der Waals surface area contributed by atoms with Crippen molar-refractivity contribution in [3.05, 3.63) is 57.8 Å². The van der Waals surface area contributed by atoms with Gasteiger partial charge in [0.05, 0.1) is 13.2 Å². The maximum Gasteiger partial charge on any atom is 0.254 e. The zero-order chi connectivity index (χ0) is 14.7. The van der Waals surface area contributed by atoms with Crippen LogP contribution >= 0.6 is 11.3 Å². The van der Waals surface area contributed by atoms with Crippen LogP contribution < -0.4 is 5.73 Å². The van der Waals surface area contributed by atoms with E-state index in [0.29, 0.717) is 31.8 Å². The van der Waals surface area contributed by atoms with Gasteiger partial charge in [0.2, 0.25) is 0 Å². The predicted octanol–water partition coefficient (Wildman–Crippen LogP) is 2.42. The first-order valence-electron chi connectivity index (χ1n) is 7.01. The number of hydrogen-bond donors (Lipinski definition) is 1. The molecule has 3 rings (SSSR count). The third kappa shape index (κ3) is 3.15. The van der Waals surface area contributed by atoms with Crippen molar-refractivity contribution in [1.82, 2.24) is 4.90 Å². The van der Waals surface area contributed by atoms with E-state index in [1.807, 2.05) is 40.6 Å². The number of benzene rings is 1. The molecule has 1 aromatic carbocycles. The Balaban J connectivity index is 1.71. The number of nitrogens with zero attached hydrogens (tertiary/aromatic N) is 1. The van der Waals surface area contributed by atoms with Crippen LogP contribution in [0.4, 0.5) is 0 Å². The highest BCUT2D eigenvalue weighted by Crippen LogP contribution is 2.26. The molecule has 0 aliphatic carbocycles. The van der Waals surface area contributed by atoms with Gasteiger partial charge in [-0.05, 0) is 29.1 Å². The molecule has 1 aromatic heterocycles. The third-order valence-corrected chi connectivity index (χ3v) is 4.62. The van der Waals surface area contributed by atoms with Crippen LogP contribution in [0.2, 0.25) is 0 Å². The van der Waals surface area contributed by atoms with Crippen molar-refractivity contribution in [3.63, 3.8) is 0 Å². The van der Waals surface area contributed by atoms with Crippen LogP contribution in [-0.4, -0.2) is 30.5 Å². The Labute approximate surface area is 128 Å². The summed E-state index contributed by atoms with van der Waals surface area (Å²) in [5.74, 6) is 0.0587. The van der Waals surface area contributed by atoms with Gasteiger partial charge in [-0.2, -0.15) is 0 Å². The molecule has 110 valence electrons. The summed E-state index contributed by atoms with van der Waals surface area (Å²) in [6.07, 6.45) is -0.00832. The number of carbonyl (C=O) groups is 1. The molecule has 2 heterocycles. The van der Waals surface area contributed by atoms with Gasteiger partial charge in [-0.1, -0.05) is 18.2 Å². The molecule has 0 radical (unpaired) electrons. The molecule has 1 aliphatic heterocycles. The van der Waals surface area contributed by atoms with E-state index in [4.69, 9.17) is 10.5 Å². The van der Waals surface area contributed by atoms with E-state index in [1.165, 1.54) is 4.88 Å². The number of thiophene rings is 1. The van der Waals surface area contributed by atoms with Gasteiger partial charge >= 0.3 is 0 Å². The quantitative estimate of drug-likeness (QED) is 0.947. The first-order chi connectivity index (χ1) is 10.3. The fourth-order valence-corrected chi connectivity index (χ4v) is 3.21. The smallest absolute Gasteiger partial charge is 0.254 e. The largest absolute Gasteiger partial charge is 0.369 e.